The smallest absolute Gasteiger partial charge is 0.107 e. The Hall–Kier alpha value is -1.35. The minimum absolute atomic E-state index is 0.746. The number of benzene rings is 1. The number of nitrogens with one attached hydrogen (secondary N) is 2. The largest absolute Gasteiger partial charge is 0.342 e. The van der Waals surface area contributed by atoms with E-state index in [1.54, 1.807) is 0 Å². The van der Waals surface area contributed by atoms with Gasteiger partial charge >= 0.3 is 0 Å². The maximum atomic E-state index is 4.61. The molecule has 102 valence electrons. The van der Waals surface area contributed by atoms with Crippen LogP contribution in [0, 0.1) is 5.92 Å². The Kier molecular flexibility index (Phi) is 3.83. The van der Waals surface area contributed by atoms with Crippen LogP contribution < -0.4 is 5.32 Å². The first-order valence-electron chi connectivity index (χ1n) is 7.54. The van der Waals surface area contributed by atoms with Crippen molar-refractivity contribution in [3.05, 3.63) is 30.1 Å². The molecule has 1 heterocycles. The fraction of sp³-hybridized carbons (Fsp3) is 0.562. The van der Waals surface area contributed by atoms with Crippen LogP contribution in [0.3, 0.4) is 0 Å². The summed E-state index contributed by atoms with van der Waals surface area (Å²) in [4.78, 5) is 8.01. The number of nitrogens with zero attached hydrogens (tertiary/aromatic N) is 1. The molecule has 0 amide bonds. The number of aromatic nitrogens is 2. The molecular weight excluding hydrogens is 234 g/mol. The van der Waals surface area contributed by atoms with E-state index in [1.807, 2.05) is 12.1 Å². The van der Waals surface area contributed by atoms with Crippen LogP contribution in [0.4, 0.5) is 0 Å². The minimum atomic E-state index is 0.746. The van der Waals surface area contributed by atoms with Gasteiger partial charge in [-0.1, -0.05) is 19.1 Å². The van der Waals surface area contributed by atoms with Crippen molar-refractivity contribution in [2.45, 2.75) is 45.1 Å². The summed E-state index contributed by atoms with van der Waals surface area (Å²) in [6.07, 6.45) is 6.30. The highest BCUT2D eigenvalue weighted by Gasteiger charge is 2.29. The predicted octanol–water partition coefficient (Wildman–Crippen LogP) is 3.27. The molecular formula is C16H23N3. The van der Waals surface area contributed by atoms with Gasteiger partial charge in [0.05, 0.1) is 11.0 Å². The van der Waals surface area contributed by atoms with Crippen molar-refractivity contribution in [2.24, 2.45) is 5.92 Å². The summed E-state index contributed by atoms with van der Waals surface area (Å²) in [5.41, 5.74) is 2.23. The number of aromatic amines is 1. The SMILES string of the molecule is CC[C@@H](NCCCc1nc2ccccc2[nH]1)C1CC1. The fourth-order valence-electron chi connectivity index (χ4n) is 2.81. The van der Waals surface area contributed by atoms with Crippen molar-refractivity contribution in [3.63, 3.8) is 0 Å². The number of hydrogen-bond donors (Lipinski definition) is 2. The van der Waals surface area contributed by atoms with Crippen molar-refractivity contribution < 1.29 is 0 Å². The number of para-hydroxylation sites is 2. The molecule has 1 saturated carbocycles. The summed E-state index contributed by atoms with van der Waals surface area (Å²) < 4.78 is 0. The van der Waals surface area contributed by atoms with Gasteiger partial charge in [-0.2, -0.15) is 0 Å². The van der Waals surface area contributed by atoms with Crippen molar-refractivity contribution in [1.29, 1.82) is 0 Å². The lowest BCUT2D eigenvalue weighted by Gasteiger charge is -2.15. The molecule has 0 saturated heterocycles. The Bertz CT molecular complexity index is 495. The second-order valence-corrected chi connectivity index (χ2v) is 5.61. The molecule has 1 aliphatic carbocycles. The quantitative estimate of drug-likeness (QED) is 0.747. The monoisotopic (exact) mass is 257 g/mol. The molecule has 1 atom stereocenters. The molecule has 2 aromatic rings. The van der Waals surface area contributed by atoms with Crippen LogP contribution in [-0.4, -0.2) is 22.6 Å². The van der Waals surface area contributed by atoms with Gasteiger partial charge in [-0.05, 0) is 50.3 Å². The summed E-state index contributed by atoms with van der Waals surface area (Å²) in [5, 5.41) is 3.69. The van der Waals surface area contributed by atoms with E-state index in [9.17, 15) is 0 Å². The first-order chi connectivity index (χ1) is 9.36. The molecule has 1 aromatic carbocycles. The van der Waals surface area contributed by atoms with E-state index in [0.29, 0.717) is 0 Å². The van der Waals surface area contributed by atoms with Crippen molar-refractivity contribution in [3.8, 4) is 0 Å². The van der Waals surface area contributed by atoms with E-state index in [-0.39, 0.29) is 0 Å². The Labute approximate surface area is 114 Å². The van der Waals surface area contributed by atoms with Gasteiger partial charge in [-0.3, -0.25) is 0 Å². The van der Waals surface area contributed by atoms with E-state index >= 15 is 0 Å². The van der Waals surface area contributed by atoms with Gasteiger partial charge in [0.15, 0.2) is 0 Å². The highest BCUT2D eigenvalue weighted by Crippen LogP contribution is 2.33. The number of aryl methyl sites for hydroxylation is 1. The Morgan fingerprint density at radius 1 is 1.37 bits per heavy atom. The lowest BCUT2D eigenvalue weighted by Crippen LogP contribution is -2.31. The third-order valence-corrected chi connectivity index (χ3v) is 4.07. The van der Waals surface area contributed by atoms with Gasteiger partial charge in [-0.25, -0.2) is 4.98 Å². The average Bonchev–Trinajstić information content (AvgIpc) is 3.18. The number of hydrogen-bond acceptors (Lipinski definition) is 2. The molecule has 3 heteroatoms. The van der Waals surface area contributed by atoms with Crippen LogP contribution in [0.5, 0.6) is 0 Å². The van der Waals surface area contributed by atoms with Crippen LogP contribution in [0.25, 0.3) is 11.0 Å². The summed E-state index contributed by atoms with van der Waals surface area (Å²) in [5.74, 6) is 2.07. The Morgan fingerprint density at radius 3 is 2.95 bits per heavy atom. The molecule has 19 heavy (non-hydrogen) atoms. The molecule has 3 nitrogen and oxygen atoms in total. The van der Waals surface area contributed by atoms with Crippen LogP contribution in [0.1, 0.15) is 38.4 Å². The topological polar surface area (TPSA) is 40.7 Å². The van der Waals surface area contributed by atoms with Crippen molar-refractivity contribution in [1.82, 2.24) is 15.3 Å². The standard InChI is InChI=1S/C16H23N3/c1-2-13(12-9-10-12)17-11-5-8-16-18-14-6-3-4-7-15(14)19-16/h3-4,6-7,12-13,17H,2,5,8-11H2,1H3,(H,18,19)/t13-/m1/s1. The first kappa shape index (κ1) is 12.7. The van der Waals surface area contributed by atoms with E-state index < -0.39 is 0 Å². The predicted molar refractivity (Wildman–Crippen MR) is 79.2 cm³/mol. The second-order valence-electron chi connectivity index (χ2n) is 5.61. The number of rotatable bonds is 7. The molecule has 0 radical (unpaired) electrons. The van der Waals surface area contributed by atoms with Crippen LogP contribution >= 0.6 is 0 Å². The molecule has 1 fully saturated rings. The zero-order valence-corrected chi connectivity index (χ0v) is 11.7. The molecule has 0 spiro atoms. The lowest BCUT2D eigenvalue weighted by molar-refractivity contribution is 0.445. The summed E-state index contributed by atoms with van der Waals surface area (Å²) in [6.45, 7) is 3.39. The van der Waals surface area contributed by atoms with Gasteiger partial charge in [0.25, 0.3) is 0 Å². The minimum Gasteiger partial charge on any atom is -0.342 e. The van der Waals surface area contributed by atoms with Gasteiger partial charge in [0.1, 0.15) is 5.82 Å². The summed E-state index contributed by atoms with van der Waals surface area (Å²) in [6, 6.07) is 8.98. The molecule has 0 bridgehead atoms. The van der Waals surface area contributed by atoms with Gasteiger partial charge < -0.3 is 10.3 Å². The number of fused-ring (bicyclic) bond motifs is 1. The normalized spacial score (nSPS) is 16.9. The third kappa shape index (κ3) is 3.16. The van der Waals surface area contributed by atoms with E-state index in [0.717, 1.165) is 48.2 Å². The zero-order valence-electron chi connectivity index (χ0n) is 11.7. The summed E-state index contributed by atoms with van der Waals surface area (Å²) in [7, 11) is 0. The zero-order chi connectivity index (χ0) is 13.1. The molecule has 1 aromatic heterocycles. The van der Waals surface area contributed by atoms with Crippen LogP contribution in [0.2, 0.25) is 0 Å². The molecule has 3 rings (SSSR count). The molecule has 2 N–H and O–H groups in total. The van der Waals surface area contributed by atoms with Gasteiger partial charge in [0.2, 0.25) is 0 Å². The number of imidazole rings is 1. The Balaban J connectivity index is 1.46. The first-order valence-corrected chi connectivity index (χ1v) is 7.54. The maximum Gasteiger partial charge on any atom is 0.107 e. The molecule has 0 unspecified atom stereocenters. The number of H-pyrrole nitrogens is 1. The van der Waals surface area contributed by atoms with E-state index in [1.165, 1.54) is 19.3 Å². The second kappa shape index (κ2) is 5.74. The average molecular weight is 257 g/mol. The lowest BCUT2D eigenvalue weighted by atomic mass is 10.1. The van der Waals surface area contributed by atoms with Crippen molar-refractivity contribution in [2.75, 3.05) is 6.54 Å². The molecule has 1 aliphatic rings. The van der Waals surface area contributed by atoms with Gasteiger partial charge in [0, 0.05) is 12.5 Å². The van der Waals surface area contributed by atoms with Crippen molar-refractivity contribution >= 4 is 11.0 Å². The van der Waals surface area contributed by atoms with E-state index in [4.69, 9.17) is 0 Å². The van der Waals surface area contributed by atoms with Crippen LogP contribution in [0.15, 0.2) is 24.3 Å². The molecule has 0 aliphatic heterocycles. The Morgan fingerprint density at radius 2 is 2.21 bits per heavy atom. The van der Waals surface area contributed by atoms with Gasteiger partial charge in [-0.15, -0.1) is 0 Å². The maximum absolute atomic E-state index is 4.61. The summed E-state index contributed by atoms with van der Waals surface area (Å²) >= 11 is 0. The third-order valence-electron chi connectivity index (χ3n) is 4.07. The fourth-order valence-corrected chi connectivity index (χ4v) is 2.81. The highest BCUT2D eigenvalue weighted by molar-refractivity contribution is 5.74. The highest BCUT2D eigenvalue weighted by atomic mass is 14.9. The van der Waals surface area contributed by atoms with Crippen LogP contribution in [-0.2, 0) is 6.42 Å². The van der Waals surface area contributed by atoms with E-state index in [2.05, 4.69) is 34.3 Å².